The number of nitrogens with zero attached hydrogens (tertiary/aromatic N) is 1. The van der Waals surface area contributed by atoms with Gasteiger partial charge in [-0.2, -0.15) is 0 Å². The predicted octanol–water partition coefficient (Wildman–Crippen LogP) is 6.18. The Morgan fingerprint density at radius 1 is 0.692 bits per heavy atom. The first-order chi connectivity index (χ1) is 12.9. The number of imidazole rings is 1. The number of H-pyrrole nitrogens is 1. The Labute approximate surface area is 150 Å². The molecule has 124 valence electrons. The first kappa shape index (κ1) is 14.7. The van der Waals surface area contributed by atoms with Gasteiger partial charge in [-0.25, -0.2) is 4.98 Å². The van der Waals surface area contributed by atoms with Crippen molar-refractivity contribution in [3.05, 3.63) is 91.0 Å². The fourth-order valence-corrected chi connectivity index (χ4v) is 3.24. The van der Waals surface area contributed by atoms with E-state index in [1.165, 1.54) is 10.8 Å². The topological polar surface area (TPSA) is 37.9 Å². The molecule has 5 aromatic rings. The van der Waals surface area contributed by atoms with Crippen LogP contribution in [0.5, 0.6) is 11.5 Å². The average molecular weight is 336 g/mol. The summed E-state index contributed by atoms with van der Waals surface area (Å²) in [6.07, 6.45) is 0. The van der Waals surface area contributed by atoms with Gasteiger partial charge in [-0.1, -0.05) is 60.7 Å². The van der Waals surface area contributed by atoms with Crippen LogP contribution in [0.2, 0.25) is 0 Å². The van der Waals surface area contributed by atoms with Crippen LogP contribution < -0.4 is 4.74 Å². The Morgan fingerprint density at radius 3 is 2.42 bits per heavy atom. The molecule has 1 heterocycles. The molecule has 26 heavy (non-hydrogen) atoms. The number of para-hydroxylation sites is 1. The third kappa shape index (κ3) is 2.60. The molecule has 1 N–H and O–H groups in total. The lowest BCUT2D eigenvalue weighted by molar-refractivity contribution is 0.483. The third-order valence-electron chi connectivity index (χ3n) is 4.48. The lowest BCUT2D eigenvalue weighted by Gasteiger charge is -2.04. The van der Waals surface area contributed by atoms with Crippen LogP contribution in [0.15, 0.2) is 91.0 Å². The highest BCUT2D eigenvalue weighted by atomic mass is 16.5. The Bertz CT molecular complexity index is 1200. The van der Waals surface area contributed by atoms with Crippen molar-refractivity contribution < 1.29 is 4.74 Å². The summed E-state index contributed by atoms with van der Waals surface area (Å²) in [4.78, 5) is 8.21. The highest BCUT2D eigenvalue weighted by molar-refractivity contribution is 5.96. The normalized spacial score (nSPS) is 11.1. The smallest absolute Gasteiger partial charge is 0.139 e. The molecule has 4 aromatic carbocycles. The van der Waals surface area contributed by atoms with E-state index in [-0.39, 0.29) is 0 Å². The van der Waals surface area contributed by atoms with E-state index in [1.807, 2.05) is 48.5 Å². The molecule has 0 unspecified atom stereocenters. The molecular formula is C23H16N2O. The lowest BCUT2D eigenvalue weighted by Crippen LogP contribution is -1.83. The molecular weight excluding hydrogens is 320 g/mol. The third-order valence-corrected chi connectivity index (χ3v) is 4.48. The van der Waals surface area contributed by atoms with E-state index in [2.05, 4.69) is 47.4 Å². The number of benzene rings is 4. The summed E-state index contributed by atoms with van der Waals surface area (Å²) in [6, 6.07) is 30.3. The number of fused-ring (bicyclic) bond motifs is 2. The van der Waals surface area contributed by atoms with Gasteiger partial charge in [-0.05, 0) is 35.0 Å². The van der Waals surface area contributed by atoms with Gasteiger partial charge in [0.2, 0.25) is 0 Å². The first-order valence-corrected chi connectivity index (χ1v) is 8.58. The van der Waals surface area contributed by atoms with Gasteiger partial charge in [0.25, 0.3) is 0 Å². The van der Waals surface area contributed by atoms with Crippen molar-refractivity contribution in [3.63, 3.8) is 0 Å². The summed E-state index contributed by atoms with van der Waals surface area (Å²) in [6.45, 7) is 0. The Morgan fingerprint density at radius 2 is 1.50 bits per heavy atom. The molecule has 0 bridgehead atoms. The summed E-state index contributed by atoms with van der Waals surface area (Å²) in [5, 5.41) is 2.40. The number of aromatic amines is 1. The van der Waals surface area contributed by atoms with Crippen LogP contribution in [0.3, 0.4) is 0 Å². The van der Waals surface area contributed by atoms with Gasteiger partial charge >= 0.3 is 0 Å². The molecule has 0 aliphatic carbocycles. The van der Waals surface area contributed by atoms with Crippen LogP contribution in [0, 0.1) is 0 Å². The number of hydrogen-bond donors (Lipinski definition) is 1. The number of hydrogen-bond acceptors (Lipinski definition) is 2. The van der Waals surface area contributed by atoms with Gasteiger partial charge in [0.15, 0.2) is 0 Å². The first-order valence-electron chi connectivity index (χ1n) is 8.58. The van der Waals surface area contributed by atoms with Gasteiger partial charge in [-0.15, -0.1) is 0 Å². The second-order valence-corrected chi connectivity index (χ2v) is 6.21. The maximum atomic E-state index is 5.92. The van der Waals surface area contributed by atoms with Crippen molar-refractivity contribution in [3.8, 4) is 22.9 Å². The van der Waals surface area contributed by atoms with Crippen LogP contribution in [0.1, 0.15) is 0 Å². The summed E-state index contributed by atoms with van der Waals surface area (Å²) in [7, 11) is 0. The highest BCUT2D eigenvalue weighted by Gasteiger charge is 2.09. The minimum absolute atomic E-state index is 0.789. The SMILES string of the molecule is c1ccc(Oc2ccc3nc(-c4cccc5ccccc45)[nH]c3c2)cc1. The maximum Gasteiger partial charge on any atom is 0.139 e. The van der Waals surface area contributed by atoms with Crippen molar-refractivity contribution in [2.24, 2.45) is 0 Å². The van der Waals surface area contributed by atoms with E-state index in [0.29, 0.717) is 0 Å². The van der Waals surface area contributed by atoms with Gasteiger partial charge in [0.1, 0.15) is 17.3 Å². The zero-order valence-corrected chi connectivity index (χ0v) is 14.0. The van der Waals surface area contributed by atoms with Crippen LogP contribution in [-0.2, 0) is 0 Å². The molecule has 1 aromatic heterocycles. The fourth-order valence-electron chi connectivity index (χ4n) is 3.24. The van der Waals surface area contributed by atoms with E-state index in [4.69, 9.17) is 9.72 Å². The summed E-state index contributed by atoms with van der Waals surface area (Å²) < 4.78 is 5.92. The molecule has 0 amide bonds. The quantitative estimate of drug-likeness (QED) is 0.427. The van der Waals surface area contributed by atoms with E-state index >= 15 is 0 Å². The molecule has 5 rings (SSSR count). The number of ether oxygens (including phenoxy) is 1. The van der Waals surface area contributed by atoms with Gasteiger partial charge < -0.3 is 9.72 Å². The van der Waals surface area contributed by atoms with Gasteiger partial charge in [0.05, 0.1) is 11.0 Å². The van der Waals surface area contributed by atoms with Crippen molar-refractivity contribution in [1.82, 2.24) is 9.97 Å². The van der Waals surface area contributed by atoms with Crippen LogP contribution in [0.4, 0.5) is 0 Å². The van der Waals surface area contributed by atoms with Crippen LogP contribution in [-0.4, -0.2) is 9.97 Å². The van der Waals surface area contributed by atoms with Crippen molar-refractivity contribution in [2.45, 2.75) is 0 Å². The number of nitrogens with one attached hydrogen (secondary N) is 1. The second-order valence-electron chi connectivity index (χ2n) is 6.21. The van der Waals surface area contributed by atoms with Crippen LogP contribution in [0.25, 0.3) is 33.2 Å². The largest absolute Gasteiger partial charge is 0.457 e. The Kier molecular flexibility index (Phi) is 3.42. The van der Waals surface area contributed by atoms with Crippen LogP contribution >= 0.6 is 0 Å². The monoisotopic (exact) mass is 336 g/mol. The van der Waals surface area contributed by atoms with Gasteiger partial charge in [-0.3, -0.25) is 0 Å². The van der Waals surface area contributed by atoms with Crippen molar-refractivity contribution >= 4 is 21.8 Å². The maximum absolute atomic E-state index is 5.92. The number of aromatic nitrogens is 2. The second kappa shape index (κ2) is 6.05. The van der Waals surface area contributed by atoms with Gasteiger partial charge in [0, 0.05) is 11.6 Å². The molecule has 0 radical (unpaired) electrons. The van der Waals surface area contributed by atoms with E-state index in [9.17, 15) is 0 Å². The molecule has 0 spiro atoms. The molecule has 3 nitrogen and oxygen atoms in total. The predicted molar refractivity (Wildman–Crippen MR) is 106 cm³/mol. The highest BCUT2D eigenvalue weighted by Crippen LogP contribution is 2.30. The molecule has 0 atom stereocenters. The Hall–Kier alpha value is -3.59. The molecule has 0 saturated carbocycles. The molecule has 0 aliphatic rings. The molecule has 0 aliphatic heterocycles. The van der Waals surface area contributed by atoms with Crippen molar-refractivity contribution in [1.29, 1.82) is 0 Å². The minimum atomic E-state index is 0.789. The lowest BCUT2D eigenvalue weighted by atomic mass is 10.0. The minimum Gasteiger partial charge on any atom is -0.457 e. The zero-order valence-electron chi connectivity index (χ0n) is 14.0. The Balaban J connectivity index is 1.57. The molecule has 0 fully saturated rings. The summed E-state index contributed by atoms with van der Waals surface area (Å²) in [5.41, 5.74) is 2.99. The summed E-state index contributed by atoms with van der Waals surface area (Å²) in [5.74, 6) is 2.48. The fraction of sp³-hybridized carbons (Fsp3) is 0. The standard InChI is InChI=1S/C23H16N2O/c1-2-9-17(10-3-1)26-18-13-14-21-22(15-18)25-23(24-21)20-12-6-8-16-7-4-5-11-19(16)20/h1-15H,(H,24,25). The van der Waals surface area contributed by atoms with E-state index in [0.717, 1.165) is 33.9 Å². The van der Waals surface area contributed by atoms with Crippen molar-refractivity contribution in [2.75, 3.05) is 0 Å². The zero-order chi connectivity index (χ0) is 17.3. The van der Waals surface area contributed by atoms with E-state index < -0.39 is 0 Å². The number of rotatable bonds is 3. The molecule has 0 saturated heterocycles. The van der Waals surface area contributed by atoms with E-state index in [1.54, 1.807) is 0 Å². The summed E-state index contributed by atoms with van der Waals surface area (Å²) >= 11 is 0. The average Bonchev–Trinajstić information content (AvgIpc) is 3.11. The molecule has 3 heteroatoms.